The van der Waals surface area contributed by atoms with E-state index in [-0.39, 0.29) is 6.04 Å². The lowest BCUT2D eigenvalue weighted by Crippen LogP contribution is -2.44. The summed E-state index contributed by atoms with van der Waals surface area (Å²) in [4.78, 5) is 2.13. The molecule has 2 nitrogen and oxygen atoms in total. The lowest BCUT2D eigenvalue weighted by Gasteiger charge is -2.32. The minimum absolute atomic E-state index is 0.246. The fraction of sp³-hybridized carbons (Fsp3) is 0.562. The van der Waals surface area contributed by atoms with Crippen molar-refractivity contribution in [3.05, 3.63) is 34.9 Å². The van der Waals surface area contributed by atoms with Gasteiger partial charge in [-0.05, 0) is 49.7 Å². The van der Waals surface area contributed by atoms with Gasteiger partial charge in [0.1, 0.15) is 0 Å². The molecule has 1 aliphatic carbocycles. The lowest BCUT2D eigenvalue weighted by molar-refractivity contribution is 0.362. The van der Waals surface area contributed by atoms with Crippen molar-refractivity contribution in [1.82, 2.24) is 10.2 Å². The summed E-state index contributed by atoms with van der Waals surface area (Å²) in [5.74, 6) is 0. The second-order valence-electron chi connectivity index (χ2n) is 5.62. The highest BCUT2D eigenvalue weighted by Crippen LogP contribution is 2.22. The molecule has 0 spiro atoms. The van der Waals surface area contributed by atoms with E-state index in [1.54, 1.807) is 0 Å². The van der Waals surface area contributed by atoms with E-state index in [1.165, 1.54) is 37.7 Å². The van der Waals surface area contributed by atoms with E-state index in [9.17, 15) is 0 Å². The molecule has 0 bridgehead atoms. The molecule has 1 aromatic rings. The summed E-state index contributed by atoms with van der Waals surface area (Å²) in [5.41, 5.74) is 1.23. The zero-order chi connectivity index (χ0) is 14.5. The van der Waals surface area contributed by atoms with Crippen LogP contribution in [0.1, 0.15) is 50.6 Å². The molecule has 0 amide bonds. The average molecular weight is 311 g/mol. The Morgan fingerprint density at radius 2 is 1.85 bits per heavy atom. The van der Waals surface area contributed by atoms with E-state index >= 15 is 0 Å². The second-order valence-corrected chi connectivity index (χ2v) is 6.45. The maximum atomic E-state index is 5.94. The highest BCUT2D eigenvalue weighted by molar-refractivity contribution is 7.80. The van der Waals surface area contributed by atoms with Gasteiger partial charge in [0.2, 0.25) is 0 Å². The molecule has 20 heavy (non-hydrogen) atoms. The summed E-state index contributed by atoms with van der Waals surface area (Å²) in [6.07, 6.45) is 6.47. The molecule has 1 atom stereocenters. The molecule has 110 valence electrons. The smallest absolute Gasteiger partial charge is 0.169 e. The maximum Gasteiger partial charge on any atom is 0.169 e. The van der Waals surface area contributed by atoms with Crippen LogP contribution in [-0.4, -0.2) is 23.1 Å². The monoisotopic (exact) mass is 310 g/mol. The van der Waals surface area contributed by atoms with Gasteiger partial charge in [-0.25, -0.2) is 0 Å². The normalized spacial score (nSPS) is 17.6. The Morgan fingerprint density at radius 3 is 2.45 bits per heavy atom. The van der Waals surface area contributed by atoms with Crippen molar-refractivity contribution in [2.24, 2.45) is 0 Å². The third-order valence-electron chi connectivity index (χ3n) is 4.19. The first-order valence-corrected chi connectivity index (χ1v) is 8.15. The van der Waals surface area contributed by atoms with E-state index in [4.69, 9.17) is 23.8 Å². The van der Waals surface area contributed by atoms with Gasteiger partial charge in [-0.1, -0.05) is 43.0 Å². The summed E-state index contributed by atoms with van der Waals surface area (Å²) in [7, 11) is 2.05. The number of benzene rings is 1. The summed E-state index contributed by atoms with van der Waals surface area (Å²) in [6.45, 7) is 2.16. The number of nitrogens with one attached hydrogen (secondary N) is 1. The van der Waals surface area contributed by atoms with Gasteiger partial charge in [-0.2, -0.15) is 0 Å². The van der Waals surface area contributed by atoms with E-state index in [2.05, 4.69) is 36.3 Å². The number of hydrogen-bond acceptors (Lipinski definition) is 1. The van der Waals surface area contributed by atoms with Gasteiger partial charge in [0.15, 0.2) is 5.11 Å². The molecular formula is C16H23ClN2S. The predicted molar refractivity (Wildman–Crippen MR) is 90.2 cm³/mol. The molecule has 1 N–H and O–H groups in total. The molecule has 0 heterocycles. The second kappa shape index (κ2) is 7.28. The molecule has 1 aromatic carbocycles. The first kappa shape index (κ1) is 15.6. The SMILES string of the molecule is CC(c1ccc(Cl)cc1)N(C)C(=S)NC1CCCCC1. The van der Waals surface area contributed by atoms with Crippen LogP contribution in [0.4, 0.5) is 0 Å². The number of nitrogens with zero attached hydrogens (tertiary/aromatic N) is 1. The largest absolute Gasteiger partial charge is 0.360 e. The number of thiocarbonyl (C=S) groups is 1. The van der Waals surface area contributed by atoms with Crippen LogP contribution in [0.5, 0.6) is 0 Å². The zero-order valence-corrected chi connectivity index (χ0v) is 13.8. The van der Waals surface area contributed by atoms with Crippen LogP contribution < -0.4 is 5.32 Å². The molecule has 2 rings (SSSR count). The van der Waals surface area contributed by atoms with Gasteiger partial charge in [0.05, 0.1) is 6.04 Å². The van der Waals surface area contributed by atoms with Crippen molar-refractivity contribution < 1.29 is 0 Å². The van der Waals surface area contributed by atoms with Crippen LogP contribution in [-0.2, 0) is 0 Å². The highest BCUT2D eigenvalue weighted by Gasteiger charge is 2.19. The van der Waals surface area contributed by atoms with Gasteiger partial charge in [0.25, 0.3) is 0 Å². The van der Waals surface area contributed by atoms with E-state index in [0.717, 1.165) is 10.1 Å². The van der Waals surface area contributed by atoms with Gasteiger partial charge < -0.3 is 10.2 Å². The minimum atomic E-state index is 0.246. The van der Waals surface area contributed by atoms with Crippen molar-refractivity contribution in [1.29, 1.82) is 0 Å². The van der Waals surface area contributed by atoms with Gasteiger partial charge in [-0.3, -0.25) is 0 Å². The van der Waals surface area contributed by atoms with Crippen LogP contribution in [0.2, 0.25) is 5.02 Å². The molecule has 1 saturated carbocycles. The first-order valence-electron chi connectivity index (χ1n) is 7.36. The molecule has 0 radical (unpaired) electrons. The molecule has 4 heteroatoms. The zero-order valence-electron chi connectivity index (χ0n) is 12.2. The number of halogens is 1. The maximum absolute atomic E-state index is 5.94. The predicted octanol–water partition coefficient (Wildman–Crippen LogP) is 4.54. The van der Waals surface area contributed by atoms with Gasteiger partial charge >= 0.3 is 0 Å². The van der Waals surface area contributed by atoms with Crippen molar-refractivity contribution >= 4 is 28.9 Å². The molecule has 0 saturated heterocycles. The molecule has 1 unspecified atom stereocenters. The van der Waals surface area contributed by atoms with Crippen molar-refractivity contribution in [2.75, 3.05) is 7.05 Å². The Bertz CT molecular complexity index is 440. The molecule has 0 aromatic heterocycles. The van der Waals surface area contributed by atoms with Crippen molar-refractivity contribution in [3.63, 3.8) is 0 Å². The van der Waals surface area contributed by atoms with Crippen LogP contribution in [0.25, 0.3) is 0 Å². The molecule has 1 aliphatic rings. The fourth-order valence-corrected chi connectivity index (χ4v) is 3.11. The van der Waals surface area contributed by atoms with Gasteiger partial charge in [0, 0.05) is 18.1 Å². The average Bonchev–Trinajstić information content (AvgIpc) is 2.47. The Morgan fingerprint density at radius 1 is 1.25 bits per heavy atom. The van der Waals surface area contributed by atoms with E-state index in [1.807, 2.05) is 12.1 Å². The fourth-order valence-electron chi connectivity index (χ4n) is 2.66. The topological polar surface area (TPSA) is 15.3 Å². The van der Waals surface area contributed by atoms with Crippen molar-refractivity contribution in [2.45, 2.75) is 51.1 Å². The Balaban J connectivity index is 1.93. The number of hydrogen-bond donors (Lipinski definition) is 1. The van der Waals surface area contributed by atoms with Gasteiger partial charge in [-0.15, -0.1) is 0 Å². The van der Waals surface area contributed by atoms with Crippen LogP contribution >= 0.6 is 23.8 Å². The lowest BCUT2D eigenvalue weighted by atomic mass is 9.96. The molecule has 0 aliphatic heterocycles. The van der Waals surface area contributed by atoms with Crippen molar-refractivity contribution in [3.8, 4) is 0 Å². The molecule has 1 fully saturated rings. The number of rotatable bonds is 3. The Kier molecular flexibility index (Phi) is 5.67. The summed E-state index contributed by atoms with van der Waals surface area (Å²) in [5, 5.41) is 5.13. The Hall–Kier alpha value is -0.800. The standard InChI is InChI=1S/C16H23ClN2S/c1-12(13-8-10-14(17)11-9-13)19(2)16(20)18-15-6-4-3-5-7-15/h8-12,15H,3-7H2,1-2H3,(H,18,20). The highest BCUT2D eigenvalue weighted by atomic mass is 35.5. The summed E-state index contributed by atoms with van der Waals surface area (Å²) < 4.78 is 0. The first-order chi connectivity index (χ1) is 9.58. The van der Waals surface area contributed by atoms with E-state index in [0.29, 0.717) is 6.04 Å². The summed E-state index contributed by atoms with van der Waals surface area (Å²) >= 11 is 11.5. The summed E-state index contributed by atoms with van der Waals surface area (Å²) in [6, 6.07) is 8.78. The third-order valence-corrected chi connectivity index (χ3v) is 4.84. The third kappa shape index (κ3) is 4.10. The quantitative estimate of drug-likeness (QED) is 0.825. The molecular weight excluding hydrogens is 288 g/mol. The minimum Gasteiger partial charge on any atom is -0.360 e. The van der Waals surface area contributed by atoms with E-state index < -0.39 is 0 Å². The Labute approximate surface area is 132 Å². The van der Waals surface area contributed by atoms with Crippen LogP contribution in [0.15, 0.2) is 24.3 Å². The van der Waals surface area contributed by atoms with Crippen LogP contribution in [0, 0.1) is 0 Å². The van der Waals surface area contributed by atoms with Crippen LogP contribution in [0.3, 0.4) is 0 Å².